The van der Waals surface area contributed by atoms with Crippen LogP contribution in [0.15, 0.2) is 0 Å². The monoisotopic (exact) mass is 148 g/mol. The molecule has 0 aliphatic heterocycles. The Bertz CT molecular complexity index is 135. The molecule has 0 aromatic carbocycles. The van der Waals surface area contributed by atoms with Gasteiger partial charge in [-0.05, 0) is 7.05 Å². The number of carbonyl (C=O) groups excluding carboxylic acids is 1. The number of rotatable bonds is 4. The predicted octanol–water partition coefficient (Wildman–Crippen LogP) is -1.02. The van der Waals surface area contributed by atoms with E-state index in [4.69, 9.17) is 0 Å². The zero-order chi connectivity index (χ0) is 7.98. The van der Waals surface area contributed by atoms with Gasteiger partial charge < -0.3 is 4.74 Å². The molecule has 0 fully saturated rings. The first-order chi connectivity index (χ1) is 4.66. The average molecular weight is 148 g/mol. The molecule has 6 heteroatoms. The summed E-state index contributed by atoms with van der Waals surface area (Å²) in [6.07, 6.45) is 0. The van der Waals surface area contributed by atoms with E-state index in [0.717, 1.165) is 0 Å². The Morgan fingerprint density at radius 2 is 2.40 bits per heavy atom. The highest BCUT2D eigenvalue weighted by molar-refractivity contribution is 5.70. The number of nitrogens with one attached hydrogen (secondary N) is 1. The minimum atomic E-state index is -0.834. The average Bonchev–Trinajstić information content (AvgIpc) is 1.82. The molecule has 0 heterocycles. The van der Waals surface area contributed by atoms with Gasteiger partial charge in [-0.25, -0.2) is 4.79 Å². The van der Waals surface area contributed by atoms with Crippen LogP contribution in [0.25, 0.3) is 0 Å². The molecule has 58 valence electrons. The normalized spacial score (nSPS) is 8.90. The van der Waals surface area contributed by atoms with Gasteiger partial charge in [0.25, 0.3) is 6.54 Å². The largest absolute Gasteiger partial charge is 0.445 e. The van der Waals surface area contributed by atoms with Crippen LogP contribution < -0.4 is 5.32 Å². The molecular formula is C4H8N2O4. The third-order valence-corrected chi connectivity index (χ3v) is 0.636. The van der Waals surface area contributed by atoms with Crippen molar-refractivity contribution in [3.8, 4) is 0 Å². The summed E-state index contributed by atoms with van der Waals surface area (Å²) in [7, 11) is 1.57. The standard InChI is InChI=1S/C4H8N2O4/c1-5-3-10-4(7)2-6(8)9/h5H,2-3H2,1H3. The summed E-state index contributed by atoms with van der Waals surface area (Å²) in [6, 6.07) is 0. The first-order valence-electron chi connectivity index (χ1n) is 2.59. The SMILES string of the molecule is CNCOC(=O)C[N+](=O)[O-]. The Balaban J connectivity index is 3.35. The summed E-state index contributed by atoms with van der Waals surface area (Å²) < 4.78 is 4.31. The van der Waals surface area contributed by atoms with Gasteiger partial charge in [-0.2, -0.15) is 0 Å². The quantitative estimate of drug-likeness (QED) is 0.239. The van der Waals surface area contributed by atoms with E-state index in [9.17, 15) is 14.9 Å². The fourth-order valence-corrected chi connectivity index (χ4v) is 0.304. The van der Waals surface area contributed by atoms with Crippen LogP contribution in [0.3, 0.4) is 0 Å². The molecule has 0 saturated carbocycles. The lowest BCUT2D eigenvalue weighted by atomic mass is 10.7. The molecule has 0 spiro atoms. The van der Waals surface area contributed by atoms with Crippen molar-refractivity contribution in [2.24, 2.45) is 0 Å². The van der Waals surface area contributed by atoms with Crippen molar-refractivity contribution in [1.82, 2.24) is 5.32 Å². The van der Waals surface area contributed by atoms with Gasteiger partial charge in [-0.3, -0.25) is 15.4 Å². The van der Waals surface area contributed by atoms with Gasteiger partial charge in [-0.1, -0.05) is 0 Å². The zero-order valence-corrected chi connectivity index (χ0v) is 5.49. The van der Waals surface area contributed by atoms with Crippen LogP contribution >= 0.6 is 0 Å². The van der Waals surface area contributed by atoms with E-state index in [1.807, 2.05) is 0 Å². The summed E-state index contributed by atoms with van der Waals surface area (Å²) in [5, 5.41) is 12.2. The second kappa shape index (κ2) is 4.68. The Morgan fingerprint density at radius 3 is 2.80 bits per heavy atom. The molecule has 0 aromatic rings. The lowest BCUT2D eigenvalue weighted by molar-refractivity contribution is -0.470. The minimum absolute atomic E-state index is 0.00662. The fourth-order valence-electron chi connectivity index (χ4n) is 0.304. The molecule has 6 nitrogen and oxygen atoms in total. The smallest absolute Gasteiger partial charge is 0.379 e. The van der Waals surface area contributed by atoms with E-state index in [0.29, 0.717) is 0 Å². The van der Waals surface area contributed by atoms with E-state index in [2.05, 4.69) is 10.1 Å². The molecule has 0 bridgehead atoms. The summed E-state index contributed by atoms with van der Waals surface area (Å²) in [6.45, 7) is -0.769. The molecule has 0 aliphatic rings. The van der Waals surface area contributed by atoms with Crippen LogP contribution in [-0.2, 0) is 9.53 Å². The molecule has 0 radical (unpaired) electrons. The summed E-state index contributed by atoms with van der Waals surface area (Å²) in [5.74, 6) is -0.834. The summed E-state index contributed by atoms with van der Waals surface area (Å²) >= 11 is 0. The van der Waals surface area contributed by atoms with Gasteiger partial charge >= 0.3 is 5.97 Å². The molecule has 0 unspecified atom stereocenters. The van der Waals surface area contributed by atoms with Gasteiger partial charge in [0.2, 0.25) is 0 Å². The lowest BCUT2D eigenvalue weighted by Gasteiger charge is -1.97. The maximum Gasteiger partial charge on any atom is 0.379 e. The van der Waals surface area contributed by atoms with Crippen LogP contribution in [0, 0.1) is 10.1 Å². The van der Waals surface area contributed by atoms with Gasteiger partial charge in [0.15, 0.2) is 0 Å². The second-order valence-corrected chi connectivity index (χ2v) is 1.51. The number of nitro groups is 1. The Hall–Kier alpha value is -1.17. The highest BCUT2D eigenvalue weighted by Gasteiger charge is 2.08. The molecule has 0 atom stereocenters. The number of esters is 1. The number of ether oxygens (including phenoxy) is 1. The van der Waals surface area contributed by atoms with E-state index in [1.165, 1.54) is 0 Å². The van der Waals surface area contributed by atoms with Crippen LogP contribution in [0.1, 0.15) is 0 Å². The first-order valence-corrected chi connectivity index (χ1v) is 2.59. The molecule has 1 N–H and O–H groups in total. The number of carbonyl (C=O) groups is 1. The Morgan fingerprint density at radius 1 is 1.80 bits per heavy atom. The Kier molecular flexibility index (Phi) is 4.14. The van der Waals surface area contributed by atoms with Gasteiger partial charge in [-0.15, -0.1) is 0 Å². The zero-order valence-electron chi connectivity index (χ0n) is 5.49. The third kappa shape index (κ3) is 4.98. The van der Waals surface area contributed by atoms with Gasteiger partial charge in [0, 0.05) is 4.92 Å². The van der Waals surface area contributed by atoms with Crippen LogP contribution in [0.2, 0.25) is 0 Å². The topological polar surface area (TPSA) is 81.5 Å². The number of nitrogens with zero attached hydrogens (tertiary/aromatic N) is 1. The van der Waals surface area contributed by atoms with Crippen LogP contribution in [0.4, 0.5) is 0 Å². The van der Waals surface area contributed by atoms with E-state index in [1.54, 1.807) is 7.05 Å². The van der Waals surface area contributed by atoms with E-state index in [-0.39, 0.29) is 6.73 Å². The summed E-state index contributed by atoms with van der Waals surface area (Å²) in [5.41, 5.74) is 0. The highest BCUT2D eigenvalue weighted by atomic mass is 16.6. The van der Waals surface area contributed by atoms with Gasteiger partial charge in [0.05, 0.1) is 0 Å². The second-order valence-electron chi connectivity index (χ2n) is 1.51. The van der Waals surface area contributed by atoms with Crippen molar-refractivity contribution in [2.45, 2.75) is 0 Å². The van der Waals surface area contributed by atoms with Crippen molar-refractivity contribution in [3.05, 3.63) is 10.1 Å². The van der Waals surface area contributed by atoms with Crippen molar-refractivity contribution >= 4 is 5.97 Å². The van der Waals surface area contributed by atoms with Crippen molar-refractivity contribution in [3.63, 3.8) is 0 Å². The summed E-state index contributed by atoms with van der Waals surface area (Å²) in [4.78, 5) is 19.2. The fraction of sp³-hybridized carbons (Fsp3) is 0.750. The molecule has 0 aromatic heterocycles. The van der Waals surface area contributed by atoms with Crippen molar-refractivity contribution in [2.75, 3.05) is 20.3 Å². The molecule has 10 heavy (non-hydrogen) atoms. The maximum atomic E-state index is 10.3. The first kappa shape index (κ1) is 8.83. The Labute approximate surface area is 57.3 Å². The maximum absolute atomic E-state index is 10.3. The number of hydrogen-bond acceptors (Lipinski definition) is 5. The lowest BCUT2D eigenvalue weighted by Crippen LogP contribution is -2.22. The molecular weight excluding hydrogens is 140 g/mol. The molecule has 0 amide bonds. The van der Waals surface area contributed by atoms with E-state index >= 15 is 0 Å². The highest BCUT2D eigenvalue weighted by Crippen LogP contribution is 1.76. The minimum Gasteiger partial charge on any atom is -0.445 e. The predicted molar refractivity (Wildman–Crippen MR) is 31.9 cm³/mol. The molecule has 0 aliphatic carbocycles. The third-order valence-electron chi connectivity index (χ3n) is 0.636. The van der Waals surface area contributed by atoms with Gasteiger partial charge in [0.1, 0.15) is 6.73 Å². The van der Waals surface area contributed by atoms with Crippen molar-refractivity contribution < 1.29 is 14.5 Å². The molecule has 0 saturated heterocycles. The molecule has 0 rings (SSSR count). The van der Waals surface area contributed by atoms with Crippen LogP contribution in [0.5, 0.6) is 0 Å². The van der Waals surface area contributed by atoms with Crippen LogP contribution in [-0.4, -0.2) is 31.2 Å². The number of hydrogen-bond donors (Lipinski definition) is 1. The van der Waals surface area contributed by atoms with Crippen molar-refractivity contribution in [1.29, 1.82) is 0 Å². The van der Waals surface area contributed by atoms with E-state index < -0.39 is 17.4 Å².